The van der Waals surface area contributed by atoms with Crippen molar-refractivity contribution in [3.8, 4) is 0 Å². The van der Waals surface area contributed by atoms with Gasteiger partial charge in [0.05, 0.1) is 23.1 Å². The zero-order valence-electron chi connectivity index (χ0n) is 15.6. The maximum atomic E-state index is 13.2. The fraction of sp³-hybridized carbons (Fsp3) is 0.579. The molecule has 1 saturated carbocycles. The van der Waals surface area contributed by atoms with E-state index in [9.17, 15) is 9.59 Å². The molecule has 3 heterocycles. The van der Waals surface area contributed by atoms with Crippen molar-refractivity contribution >= 4 is 5.91 Å². The molecule has 138 valence electrons. The Hall–Kier alpha value is -2.44. The highest BCUT2D eigenvalue weighted by Gasteiger charge is 2.35. The van der Waals surface area contributed by atoms with E-state index in [1.165, 1.54) is 4.68 Å². The summed E-state index contributed by atoms with van der Waals surface area (Å²) in [7, 11) is 1.66. The first-order valence-electron chi connectivity index (χ1n) is 9.42. The number of hydrogen-bond acceptors (Lipinski definition) is 4. The Morgan fingerprint density at radius 2 is 2.15 bits per heavy atom. The molecule has 1 atom stereocenters. The van der Waals surface area contributed by atoms with Gasteiger partial charge in [-0.05, 0) is 26.2 Å². The Balaban J connectivity index is 1.63. The molecule has 2 aromatic rings. The molecule has 26 heavy (non-hydrogen) atoms. The van der Waals surface area contributed by atoms with Gasteiger partial charge in [-0.25, -0.2) is 4.68 Å². The van der Waals surface area contributed by atoms with Crippen LogP contribution in [0.5, 0.6) is 0 Å². The quantitative estimate of drug-likeness (QED) is 0.841. The number of amides is 1. The first-order valence-corrected chi connectivity index (χ1v) is 9.42. The molecule has 0 N–H and O–H groups in total. The molecule has 1 aliphatic heterocycles. The Morgan fingerprint density at radius 1 is 1.38 bits per heavy atom. The first kappa shape index (κ1) is 17.0. The second kappa shape index (κ2) is 6.37. The normalized spacial score (nSPS) is 17.9. The lowest BCUT2D eigenvalue weighted by Crippen LogP contribution is -2.38. The van der Waals surface area contributed by atoms with E-state index in [0.29, 0.717) is 31.5 Å². The second-order valence-corrected chi connectivity index (χ2v) is 7.47. The summed E-state index contributed by atoms with van der Waals surface area (Å²) >= 11 is 0. The molecule has 1 aliphatic carbocycles. The van der Waals surface area contributed by atoms with Gasteiger partial charge in [-0.2, -0.15) is 10.2 Å². The maximum absolute atomic E-state index is 13.2. The number of aromatic nitrogens is 4. The van der Waals surface area contributed by atoms with Gasteiger partial charge in [0.2, 0.25) is 0 Å². The van der Waals surface area contributed by atoms with Gasteiger partial charge in [-0.1, -0.05) is 6.92 Å². The highest BCUT2D eigenvalue weighted by Crippen LogP contribution is 2.43. The zero-order chi connectivity index (χ0) is 18.4. The van der Waals surface area contributed by atoms with Crippen LogP contribution in [0.1, 0.15) is 72.4 Å². The molecule has 4 rings (SSSR count). The van der Waals surface area contributed by atoms with Crippen molar-refractivity contribution in [2.24, 2.45) is 7.05 Å². The van der Waals surface area contributed by atoms with Crippen LogP contribution in [0, 0.1) is 0 Å². The summed E-state index contributed by atoms with van der Waals surface area (Å²) in [6, 6.07) is 1.90. The van der Waals surface area contributed by atoms with Gasteiger partial charge in [0.15, 0.2) is 0 Å². The summed E-state index contributed by atoms with van der Waals surface area (Å²) in [5.74, 6) is 0.476. The van der Waals surface area contributed by atoms with Gasteiger partial charge in [0, 0.05) is 50.1 Å². The Labute approximate surface area is 152 Å². The fourth-order valence-corrected chi connectivity index (χ4v) is 3.66. The van der Waals surface area contributed by atoms with Crippen molar-refractivity contribution in [2.45, 2.75) is 58.0 Å². The van der Waals surface area contributed by atoms with Crippen LogP contribution in [-0.2, 0) is 20.0 Å². The minimum Gasteiger partial charge on any atom is -0.334 e. The molecule has 1 amide bonds. The van der Waals surface area contributed by atoms with Crippen LogP contribution < -0.4 is 5.56 Å². The van der Waals surface area contributed by atoms with Crippen molar-refractivity contribution in [3.63, 3.8) is 0 Å². The molecule has 0 spiro atoms. The third-order valence-electron chi connectivity index (χ3n) is 5.56. The van der Waals surface area contributed by atoms with Crippen molar-refractivity contribution in [2.75, 3.05) is 6.54 Å². The monoisotopic (exact) mass is 355 g/mol. The Morgan fingerprint density at radius 3 is 2.85 bits per heavy atom. The Kier molecular flexibility index (Phi) is 4.17. The minimum atomic E-state index is -0.138. The van der Waals surface area contributed by atoms with Crippen molar-refractivity contribution in [1.29, 1.82) is 0 Å². The lowest BCUT2D eigenvalue weighted by atomic mass is 10.0. The predicted octanol–water partition coefficient (Wildman–Crippen LogP) is 2.02. The van der Waals surface area contributed by atoms with E-state index >= 15 is 0 Å². The summed E-state index contributed by atoms with van der Waals surface area (Å²) in [6.07, 6.45) is 5.66. The number of nitrogens with zero attached hydrogens (tertiary/aromatic N) is 5. The van der Waals surface area contributed by atoms with Gasteiger partial charge in [0.1, 0.15) is 0 Å². The molecular weight excluding hydrogens is 330 g/mol. The highest BCUT2D eigenvalue weighted by molar-refractivity contribution is 5.95. The summed E-state index contributed by atoms with van der Waals surface area (Å²) < 4.78 is 3.40. The van der Waals surface area contributed by atoms with Crippen LogP contribution in [0.4, 0.5) is 0 Å². The molecule has 7 heteroatoms. The lowest BCUT2D eigenvalue weighted by Gasteiger charge is -2.28. The average molecular weight is 355 g/mol. The van der Waals surface area contributed by atoms with Crippen LogP contribution in [0.3, 0.4) is 0 Å². The van der Waals surface area contributed by atoms with E-state index in [0.717, 1.165) is 41.8 Å². The average Bonchev–Trinajstić information content (AvgIpc) is 3.39. The maximum Gasteiger partial charge on any atom is 0.266 e. The van der Waals surface area contributed by atoms with Crippen LogP contribution in [0.15, 0.2) is 17.1 Å². The predicted molar refractivity (Wildman–Crippen MR) is 97.1 cm³/mol. The van der Waals surface area contributed by atoms with Gasteiger partial charge in [0.25, 0.3) is 11.5 Å². The van der Waals surface area contributed by atoms with Crippen molar-refractivity contribution in [1.82, 2.24) is 24.5 Å². The molecule has 2 aromatic heterocycles. The smallest absolute Gasteiger partial charge is 0.266 e. The Bertz CT molecular complexity index is 909. The summed E-state index contributed by atoms with van der Waals surface area (Å²) in [4.78, 5) is 26.9. The standard InChI is InChI=1S/C19H25N5O2/c1-4-12(2)24-18(13-5-6-13)15(10-20-24)19(26)23-8-7-16-14(11-23)9-17(25)22(3)21-16/h9-10,12-13H,4-8,11H2,1-3H3/t12-/m1/s1. The van der Waals surface area contributed by atoms with Crippen molar-refractivity contribution < 1.29 is 4.79 Å². The number of rotatable bonds is 4. The number of carbonyl (C=O) groups is 1. The number of carbonyl (C=O) groups excluding carboxylic acids is 1. The highest BCUT2D eigenvalue weighted by atomic mass is 16.2. The van der Waals surface area contributed by atoms with E-state index < -0.39 is 0 Å². The molecule has 0 radical (unpaired) electrons. The molecule has 1 fully saturated rings. The van der Waals surface area contributed by atoms with Crippen molar-refractivity contribution in [3.05, 3.63) is 45.1 Å². The third-order valence-corrected chi connectivity index (χ3v) is 5.56. The molecular formula is C19H25N5O2. The number of hydrogen-bond donors (Lipinski definition) is 0. The zero-order valence-corrected chi connectivity index (χ0v) is 15.6. The summed E-state index contributed by atoms with van der Waals surface area (Å²) in [6.45, 7) is 5.34. The van der Waals surface area contributed by atoms with E-state index in [2.05, 4.69) is 24.0 Å². The number of aryl methyl sites for hydroxylation is 1. The van der Waals surface area contributed by atoms with Crippen LogP contribution in [0.25, 0.3) is 0 Å². The molecule has 2 aliphatic rings. The van der Waals surface area contributed by atoms with Gasteiger partial charge < -0.3 is 4.90 Å². The topological polar surface area (TPSA) is 73.0 Å². The van der Waals surface area contributed by atoms with Crippen LogP contribution in [-0.4, -0.2) is 36.9 Å². The van der Waals surface area contributed by atoms with E-state index in [1.807, 2.05) is 9.58 Å². The summed E-state index contributed by atoms with van der Waals surface area (Å²) in [5.41, 5.74) is 3.45. The SMILES string of the molecule is CC[C@@H](C)n1ncc(C(=O)N2CCc3nn(C)c(=O)cc3C2)c1C1CC1. The molecule has 7 nitrogen and oxygen atoms in total. The van der Waals surface area contributed by atoms with E-state index in [-0.39, 0.29) is 11.5 Å². The first-order chi connectivity index (χ1) is 12.5. The van der Waals surface area contributed by atoms with E-state index in [4.69, 9.17) is 0 Å². The van der Waals surface area contributed by atoms with Gasteiger partial charge in [-0.3, -0.25) is 14.3 Å². The summed E-state index contributed by atoms with van der Waals surface area (Å²) in [5, 5.41) is 8.86. The molecule has 0 aromatic carbocycles. The lowest BCUT2D eigenvalue weighted by molar-refractivity contribution is 0.0731. The van der Waals surface area contributed by atoms with E-state index in [1.54, 1.807) is 19.3 Å². The van der Waals surface area contributed by atoms with Crippen LogP contribution >= 0.6 is 0 Å². The second-order valence-electron chi connectivity index (χ2n) is 7.47. The van der Waals surface area contributed by atoms with Gasteiger partial charge >= 0.3 is 0 Å². The molecule has 0 bridgehead atoms. The van der Waals surface area contributed by atoms with Gasteiger partial charge in [-0.15, -0.1) is 0 Å². The van der Waals surface area contributed by atoms with Crippen LogP contribution in [0.2, 0.25) is 0 Å². The fourth-order valence-electron chi connectivity index (χ4n) is 3.66. The molecule has 0 saturated heterocycles. The minimum absolute atomic E-state index is 0.0211. The molecule has 0 unspecified atom stereocenters. The number of fused-ring (bicyclic) bond motifs is 1. The largest absolute Gasteiger partial charge is 0.334 e. The third kappa shape index (κ3) is 2.85.